The van der Waals surface area contributed by atoms with Crippen LogP contribution in [0.3, 0.4) is 0 Å². The number of fused-ring (bicyclic) bond motifs is 1. The molecular formula is C14H17NO3S. The van der Waals surface area contributed by atoms with Crippen LogP contribution in [0.15, 0.2) is 23.1 Å². The van der Waals surface area contributed by atoms with Crippen molar-refractivity contribution in [3.63, 3.8) is 0 Å². The van der Waals surface area contributed by atoms with Crippen LogP contribution >= 0.6 is 11.8 Å². The lowest BCUT2D eigenvalue weighted by atomic mass is 9.99. The van der Waals surface area contributed by atoms with E-state index in [4.69, 9.17) is 5.11 Å². The van der Waals surface area contributed by atoms with E-state index >= 15 is 0 Å². The van der Waals surface area contributed by atoms with Crippen molar-refractivity contribution in [2.75, 3.05) is 10.7 Å². The second kappa shape index (κ2) is 5.25. The molecule has 0 aromatic heterocycles. The van der Waals surface area contributed by atoms with Crippen LogP contribution in [0.25, 0.3) is 0 Å². The van der Waals surface area contributed by atoms with E-state index in [2.05, 4.69) is 0 Å². The lowest BCUT2D eigenvalue weighted by molar-refractivity contribution is -0.149. The molecule has 0 spiro atoms. The van der Waals surface area contributed by atoms with Crippen LogP contribution in [0.1, 0.15) is 32.3 Å². The molecule has 0 aliphatic carbocycles. The van der Waals surface area contributed by atoms with Gasteiger partial charge in [-0.25, -0.2) is 4.79 Å². The summed E-state index contributed by atoms with van der Waals surface area (Å²) >= 11 is 1.67. The van der Waals surface area contributed by atoms with Gasteiger partial charge in [-0.1, -0.05) is 26.0 Å². The number of hydrogen-bond acceptors (Lipinski definition) is 3. The van der Waals surface area contributed by atoms with Gasteiger partial charge in [0.05, 0.1) is 5.69 Å². The molecule has 1 aliphatic heterocycles. The van der Waals surface area contributed by atoms with Crippen molar-refractivity contribution < 1.29 is 14.7 Å². The van der Waals surface area contributed by atoms with Crippen molar-refractivity contribution in [3.05, 3.63) is 23.8 Å². The second-order valence-corrected chi connectivity index (χ2v) is 6.05. The molecule has 1 atom stereocenters. The number of hydrogen-bond donors (Lipinski definition) is 1. The Morgan fingerprint density at radius 2 is 2.11 bits per heavy atom. The highest BCUT2D eigenvalue weighted by molar-refractivity contribution is 7.99. The Bertz CT molecular complexity index is 527. The molecule has 2 rings (SSSR count). The minimum absolute atomic E-state index is 0.110. The van der Waals surface area contributed by atoms with E-state index < -0.39 is 11.9 Å². The van der Waals surface area contributed by atoms with Gasteiger partial charge in [0.1, 0.15) is 0 Å². The summed E-state index contributed by atoms with van der Waals surface area (Å²) in [6.07, 6.45) is 0. The fourth-order valence-corrected chi connectivity index (χ4v) is 3.39. The maximum atomic E-state index is 12.0. The quantitative estimate of drug-likeness (QED) is 0.803. The smallest absolute Gasteiger partial charge is 0.394 e. The van der Waals surface area contributed by atoms with Gasteiger partial charge in [-0.15, -0.1) is 11.8 Å². The zero-order valence-corrected chi connectivity index (χ0v) is 12.0. The Morgan fingerprint density at radius 3 is 2.68 bits per heavy atom. The van der Waals surface area contributed by atoms with Gasteiger partial charge in [0.25, 0.3) is 0 Å². The van der Waals surface area contributed by atoms with E-state index in [1.54, 1.807) is 11.8 Å². The van der Waals surface area contributed by atoms with Crippen LogP contribution in [-0.4, -0.2) is 28.8 Å². The van der Waals surface area contributed by atoms with Gasteiger partial charge in [0.2, 0.25) is 0 Å². The number of para-hydroxylation sites is 1. The third kappa shape index (κ3) is 2.47. The van der Waals surface area contributed by atoms with Gasteiger partial charge in [-0.3, -0.25) is 9.69 Å². The number of carboxylic acid groups (broad SMARTS) is 1. The van der Waals surface area contributed by atoms with E-state index in [0.29, 0.717) is 5.75 Å². The van der Waals surface area contributed by atoms with Crippen molar-refractivity contribution in [1.29, 1.82) is 0 Å². The normalized spacial score (nSPS) is 18.3. The van der Waals surface area contributed by atoms with E-state index in [9.17, 15) is 9.59 Å². The number of carboxylic acids is 1. The molecule has 19 heavy (non-hydrogen) atoms. The van der Waals surface area contributed by atoms with Gasteiger partial charge in [0, 0.05) is 16.7 Å². The highest BCUT2D eigenvalue weighted by Crippen LogP contribution is 2.42. The first kappa shape index (κ1) is 13.9. The lowest BCUT2D eigenvalue weighted by Gasteiger charge is -2.36. The molecule has 0 bridgehead atoms. The second-order valence-electron chi connectivity index (χ2n) is 4.99. The molecule has 4 nitrogen and oxygen atoms in total. The van der Waals surface area contributed by atoms with Crippen molar-refractivity contribution >= 4 is 29.3 Å². The van der Waals surface area contributed by atoms with Crippen LogP contribution in [0, 0.1) is 0 Å². The van der Waals surface area contributed by atoms with E-state index in [0.717, 1.165) is 16.1 Å². The summed E-state index contributed by atoms with van der Waals surface area (Å²) in [7, 11) is 0. The summed E-state index contributed by atoms with van der Waals surface area (Å²) in [6.45, 7) is 5.97. The first-order chi connectivity index (χ1) is 8.93. The molecule has 1 unspecified atom stereocenters. The molecule has 1 aromatic rings. The van der Waals surface area contributed by atoms with Crippen molar-refractivity contribution in [2.24, 2.45) is 0 Å². The average Bonchev–Trinajstić information content (AvgIpc) is 2.36. The zero-order valence-electron chi connectivity index (χ0n) is 11.2. The molecule has 0 fully saturated rings. The highest BCUT2D eigenvalue weighted by Gasteiger charge is 2.34. The number of amides is 1. The van der Waals surface area contributed by atoms with E-state index in [1.807, 2.05) is 39.0 Å². The maximum absolute atomic E-state index is 12.0. The molecular weight excluding hydrogens is 262 g/mol. The predicted molar refractivity (Wildman–Crippen MR) is 75.8 cm³/mol. The Hall–Kier alpha value is -1.49. The summed E-state index contributed by atoms with van der Waals surface area (Å²) < 4.78 is 0. The Kier molecular flexibility index (Phi) is 3.85. The molecule has 5 heteroatoms. The molecule has 0 saturated carbocycles. The van der Waals surface area contributed by atoms with Crippen LogP contribution in [0.2, 0.25) is 0 Å². The molecule has 1 heterocycles. The minimum Gasteiger partial charge on any atom is -0.474 e. The van der Waals surface area contributed by atoms with Crippen molar-refractivity contribution in [3.8, 4) is 0 Å². The first-order valence-electron chi connectivity index (χ1n) is 6.25. The molecule has 1 amide bonds. The van der Waals surface area contributed by atoms with Crippen LogP contribution < -0.4 is 4.90 Å². The molecule has 1 aromatic carbocycles. The van der Waals surface area contributed by atoms with Crippen LogP contribution in [0.4, 0.5) is 5.69 Å². The molecule has 0 saturated heterocycles. The predicted octanol–water partition coefficient (Wildman–Crippen LogP) is 2.72. The standard InChI is InChI=1S/C14H17NO3S/c1-8(2)10-5-4-6-11-12(10)15(9(3)7-19-11)13(16)14(17)18/h4-6,8-9H,7H2,1-3H3,(H,17,18). The van der Waals surface area contributed by atoms with Crippen molar-refractivity contribution in [2.45, 2.75) is 37.6 Å². The number of benzene rings is 1. The maximum Gasteiger partial charge on any atom is 0.394 e. The molecule has 0 radical (unpaired) electrons. The number of thioether (sulfide) groups is 1. The number of aliphatic carboxylic acids is 1. The van der Waals surface area contributed by atoms with Gasteiger partial charge in [-0.05, 0) is 24.5 Å². The average molecular weight is 279 g/mol. The number of carbonyl (C=O) groups excluding carboxylic acids is 1. The SMILES string of the molecule is CC(C)c1cccc2c1N(C(=O)C(=O)O)C(C)CS2. The summed E-state index contributed by atoms with van der Waals surface area (Å²) in [5.41, 5.74) is 1.79. The Balaban J connectivity index is 2.59. The largest absolute Gasteiger partial charge is 0.474 e. The van der Waals surface area contributed by atoms with E-state index in [1.165, 1.54) is 4.90 Å². The molecule has 1 N–H and O–H groups in total. The lowest BCUT2D eigenvalue weighted by Crippen LogP contribution is -2.46. The Labute approximate surface area is 116 Å². The number of nitrogens with zero attached hydrogens (tertiary/aromatic N) is 1. The van der Waals surface area contributed by atoms with Crippen LogP contribution in [0.5, 0.6) is 0 Å². The molecule has 102 valence electrons. The third-order valence-electron chi connectivity index (χ3n) is 3.22. The summed E-state index contributed by atoms with van der Waals surface area (Å²) in [5, 5.41) is 9.01. The Morgan fingerprint density at radius 1 is 1.42 bits per heavy atom. The summed E-state index contributed by atoms with van der Waals surface area (Å²) in [6, 6.07) is 5.76. The van der Waals surface area contributed by atoms with Gasteiger partial charge in [-0.2, -0.15) is 0 Å². The van der Waals surface area contributed by atoms with Crippen LogP contribution in [-0.2, 0) is 9.59 Å². The van der Waals surface area contributed by atoms with Crippen molar-refractivity contribution in [1.82, 2.24) is 0 Å². The number of anilines is 1. The third-order valence-corrected chi connectivity index (χ3v) is 4.51. The first-order valence-corrected chi connectivity index (χ1v) is 7.24. The fourth-order valence-electron chi connectivity index (χ4n) is 2.29. The fraction of sp³-hybridized carbons (Fsp3) is 0.429. The number of rotatable bonds is 1. The van der Waals surface area contributed by atoms with Gasteiger partial charge in [0.15, 0.2) is 0 Å². The summed E-state index contributed by atoms with van der Waals surface area (Å²) in [4.78, 5) is 25.4. The van der Waals surface area contributed by atoms with Gasteiger partial charge < -0.3 is 5.11 Å². The number of carbonyl (C=O) groups is 2. The zero-order chi connectivity index (χ0) is 14.2. The summed E-state index contributed by atoms with van der Waals surface area (Å²) in [5.74, 6) is -1.29. The van der Waals surface area contributed by atoms with E-state index in [-0.39, 0.29) is 12.0 Å². The topological polar surface area (TPSA) is 57.6 Å². The monoisotopic (exact) mass is 279 g/mol. The highest BCUT2D eigenvalue weighted by atomic mass is 32.2. The molecule has 1 aliphatic rings. The van der Waals surface area contributed by atoms with Gasteiger partial charge >= 0.3 is 11.9 Å². The minimum atomic E-state index is -1.40.